The van der Waals surface area contributed by atoms with Crippen molar-refractivity contribution in [3.63, 3.8) is 0 Å². The first-order valence-corrected chi connectivity index (χ1v) is 8.25. The van der Waals surface area contributed by atoms with Gasteiger partial charge in [0.15, 0.2) is 0 Å². The van der Waals surface area contributed by atoms with E-state index in [2.05, 4.69) is 16.0 Å². The van der Waals surface area contributed by atoms with Gasteiger partial charge in [0.1, 0.15) is 5.82 Å². The van der Waals surface area contributed by atoms with E-state index in [0.717, 1.165) is 23.4 Å². The van der Waals surface area contributed by atoms with E-state index >= 15 is 0 Å². The second kappa shape index (κ2) is 7.45. The summed E-state index contributed by atoms with van der Waals surface area (Å²) in [6.45, 7) is 3.97. The number of halogens is 1. The third-order valence-corrected chi connectivity index (χ3v) is 4.29. The van der Waals surface area contributed by atoms with E-state index < -0.39 is 0 Å². The lowest BCUT2D eigenvalue weighted by atomic mass is 9.99. The first kappa shape index (κ1) is 16.5. The molecule has 0 spiro atoms. The fourth-order valence-electron chi connectivity index (χ4n) is 2.92. The van der Waals surface area contributed by atoms with Gasteiger partial charge in [-0.15, -0.1) is 0 Å². The smallest absolute Gasteiger partial charge is 0.226 e. The van der Waals surface area contributed by atoms with E-state index in [9.17, 15) is 9.18 Å². The Morgan fingerprint density at radius 3 is 2.88 bits per heavy atom. The average Bonchev–Trinajstić information content (AvgIpc) is 2.59. The molecule has 2 aromatic rings. The molecule has 24 heavy (non-hydrogen) atoms. The van der Waals surface area contributed by atoms with Gasteiger partial charge in [0, 0.05) is 25.2 Å². The van der Waals surface area contributed by atoms with E-state index in [4.69, 9.17) is 0 Å². The van der Waals surface area contributed by atoms with Gasteiger partial charge < -0.3 is 16.0 Å². The number of nitrogens with one attached hydrogen (secondary N) is 3. The third-order valence-electron chi connectivity index (χ3n) is 4.29. The number of rotatable bonds is 5. The van der Waals surface area contributed by atoms with Crippen LogP contribution in [0.5, 0.6) is 0 Å². The van der Waals surface area contributed by atoms with Crippen molar-refractivity contribution in [2.24, 2.45) is 0 Å². The first-order valence-electron chi connectivity index (χ1n) is 8.25. The van der Waals surface area contributed by atoms with Gasteiger partial charge >= 0.3 is 0 Å². The molecule has 1 amide bonds. The monoisotopic (exact) mass is 327 g/mol. The quantitative estimate of drug-likeness (QED) is 0.790. The van der Waals surface area contributed by atoms with Crippen LogP contribution in [-0.2, 0) is 17.8 Å². The summed E-state index contributed by atoms with van der Waals surface area (Å²) in [5.74, 6) is -0.488. The number of anilines is 2. The second-order valence-electron chi connectivity index (χ2n) is 6.03. The molecule has 1 aliphatic rings. The lowest BCUT2D eigenvalue weighted by molar-refractivity contribution is -0.116. The van der Waals surface area contributed by atoms with Crippen LogP contribution < -0.4 is 16.0 Å². The fourth-order valence-corrected chi connectivity index (χ4v) is 2.92. The molecule has 4 nitrogen and oxygen atoms in total. The molecule has 3 rings (SSSR count). The van der Waals surface area contributed by atoms with E-state index in [1.54, 1.807) is 6.07 Å². The van der Waals surface area contributed by atoms with Gasteiger partial charge in [-0.2, -0.15) is 0 Å². The molecule has 2 aromatic carbocycles. The maximum absolute atomic E-state index is 14.5. The van der Waals surface area contributed by atoms with Crippen LogP contribution in [0.4, 0.5) is 15.8 Å². The molecule has 1 aliphatic heterocycles. The number of hydrogen-bond acceptors (Lipinski definition) is 3. The highest BCUT2D eigenvalue weighted by molar-refractivity contribution is 5.91. The van der Waals surface area contributed by atoms with Crippen molar-refractivity contribution in [3.05, 3.63) is 58.9 Å². The number of benzene rings is 2. The van der Waals surface area contributed by atoms with Crippen molar-refractivity contribution >= 4 is 17.3 Å². The molecule has 0 fully saturated rings. The topological polar surface area (TPSA) is 53.2 Å². The van der Waals surface area contributed by atoms with Crippen molar-refractivity contribution < 1.29 is 9.18 Å². The van der Waals surface area contributed by atoms with Crippen LogP contribution in [0.3, 0.4) is 0 Å². The van der Waals surface area contributed by atoms with Crippen LogP contribution in [0.2, 0.25) is 0 Å². The Kier molecular flexibility index (Phi) is 5.11. The number of carbonyl (C=O) groups is 1. The van der Waals surface area contributed by atoms with Crippen LogP contribution in [0.25, 0.3) is 0 Å². The molecule has 0 bridgehead atoms. The summed E-state index contributed by atoms with van der Waals surface area (Å²) in [4.78, 5) is 12.1. The highest BCUT2D eigenvalue weighted by Crippen LogP contribution is 2.24. The Hall–Kier alpha value is -2.40. The average molecular weight is 327 g/mol. The Morgan fingerprint density at radius 2 is 2.04 bits per heavy atom. The number of hydrogen-bond donors (Lipinski definition) is 3. The third kappa shape index (κ3) is 3.74. The summed E-state index contributed by atoms with van der Waals surface area (Å²) in [7, 11) is 0. The van der Waals surface area contributed by atoms with Crippen LogP contribution in [0, 0.1) is 12.7 Å². The molecule has 126 valence electrons. The summed E-state index contributed by atoms with van der Waals surface area (Å²) in [5, 5.41) is 9.13. The highest BCUT2D eigenvalue weighted by atomic mass is 19.1. The van der Waals surface area contributed by atoms with E-state index in [1.165, 1.54) is 0 Å². The second-order valence-corrected chi connectivity index (χ2v) is 6.03. The van der Waals surface area contributed by atoms with Gasteiger partial charge in [-0.25, -0.2) is 4.39 Å². The molecule has 3 N–H and O–H groups in total. The van der Waals surface area contributed by atoms with Gasteiger partial charge in [0.2, 0.25) is 5.91 Å². The van der Waals surface area contributed by atoms with Crippen molar-refractivity contribution in [2.45, 2.75) is 26.3 Å². The Balaban J connectivity index is 1.56. The zero-order chi connectivity index (χ0) is 16.9. The zero-order valence-corrected chi connectivity index (χ0v) is 13.8. The van der Waals surface area contributed by atoms with Crippen LogP contribution >= 0.6 is 0 Å². The molecule has 0 atom stereocenters. The predicted octanol–water partition coefficient (Wildman–Crippen LogP) is 3.22. The van der Waals surface area contributed by atoms with Gasteiger partial charge in [-0.05, 0) is 48.7 Å². The Labute approximate surface area is 141 Å². The van der Waals surface area contributed by atoms with Gasteiger partial charge in [-0.3, -0.25) is 4.79 Å². The summed E-state index contributed by atoms with van der Waals surface area (Å²) < 4.78 is 14.5. The summed E-state index contributed by atoms with van der Waals surface area (Å²) in [5.41, 5.74) is 4.10. The molecule has 5 heteroatoms. The highest BCUT2D eigenvalue weighted by Gasteiger charge is 2.17. The lowest BCUT2D eigenvalue weighted by Crippen LogP contribution is -2.25. The van der Waals surface area contributed by atoms with Crippen molar-refractivity contribution in [1.82, 2.24) is 5.32 Å². The molecular formula is C19H22FN3O. The summed E-state index contributed by atoms with van der Waals surface area (Å²) >= 11 is 0. The predicted molar refractivity (Wildman–Crippen MR) is 94.7 cm³/mol. The van der Waals surface area contributed by atoms with Gasteiger partial charge in [-0.1, -0.05) is 24.3 Å². The number of carbonyl (C=O) groups excluding carboxylic acids is 1. The minimum Gasteiger partial charge on any atom is -0.384 e. The Morgan fingerprint density at radius 1 is 1.21 bits per heavy atom. The van der Waals surface area contributed by atoms with E-state index in [1.807, 2.05) is 37.3 Å². The summed E-state index contributed by atoms with van der Waals surface area (Å²) in [6.07, 6.45) is 0.937. The molecule has 0 saturated heterocycles. The maximum atomic E-state index is 14.5. The molecule has 0 saturated carbocycles. The van der Waals surface area contributed by atoms with Gasteiger partial charge in [0.05, 0.1) is 5.69 Å². The molecular weight excluding hydrogens is 305 g/mol. The maximum Gasteiger partial charge on any atom is 0.226 e. The van der Waals surface area contributed by atoms with E-state index in [0.29, 0.717) is 25.1 Å². The number of fused-ring (bicyclic) bond motifs is 1. The largest absolute Gasteiger partial charge is 0.384 e. The van der Waals surface area contributed by atoms with Crippen molar-refractivity contribution in [2.75, 3.05) is 23.7 Å². The number of para-hydroxylation sites is 1. The minimum absolute atomic E-state index is 0.191. The lowest BCUT2D eigenvalue weighted by Gasteiger charge is -2.19. The standard InChI is InChI=1S/C19H22FN3O/c1-13-4-2-3-5-16(13)22-11-9-18(24)23-17-7-6-14-12-21-10-8-15(14)19(17)20/h2-7,21-22H,8-12H2,1H3,(H,23,24). The van der Waals surface area contributed by atoms with Crippen LogP contribution in [0.15, 0.2) is 36.4 Å². The van der Waals surface area contributed by atoms with Crippen molar-refractivity contribution in [1.29, 1.82) is 0 Å². The van der Waals surface area contributed by atoms with Crippen molar-refractivity contribution in [3.8, 4) is 0 Å². The molecule has 0 aliphatic carbocycles. The Bertz CT molecular complexity index is 745. The fraction of sp³-hybridized carbons (Fsp3) is 0.316. The molecule has 0 radical (unpaired) electrons. The summed E-state index contributed by atoms with van der Waals surface area (Å²) in [6, 6.07) is 11.4. The first-order chi connectivity index (χ1) is 11.6. The molecule has 0 unspecified atom stereocenters. The normalized spacial score (nSPS) is 13.2. The molecule has 0 aromatic heterocycles. The number of aryl methyl sites for hydroxylation is 1. The zero-order valence-electron chi connectivity index (χ0n) is 13.8. The van der Waals surface area contributed by atoms with Gasteiger partial charge in [0.25, 0.3) is 0 Å². The van der Waals surface area contributed by atoms with Crippen LogP contribution in [0.1, 0.15) is 23.1 Å². The SMILES string of the molecule is Cc1ccccc1NCCC(=O)Nc1ccc2c(c1F)CCNC2. The number of amides is 1. The minimum atomic E-state index is -0.297. The molecule has 1 heterocycles. The van der Waals surface area contributed by atoms with E-state index in [-0.39, 0.29) is 23.8 Å². The van der Waals surface area contributed by atoms with Crippen LogP contribution in [-0.4, -0.2) is 19.0 Å².